The van der Waals surface area contributed by atoms with Gasteiger partial charge in [0.15, 0.2) is 5.96 Å². The maximum absolute atomic E-state index is 5.65. The van der Waals surface area contributed by atoms with Crippen LogP contribution in [0, 0.1) is 6.92 Å². The first-order chi connectivity index (χ1) is 14.2. The van der Waals surface area contributed by atoms with Gasteiger partial charge in [0.05, 0.1) is 10.7 Å². The van der Waals surface area contributed by atoms with Crippen molar-refractivity contribution < 1.29 is 4.42 Å². The van der Waals surface area contributed by atoms with Crippen molar-refractivity contribution in [1.29, 1.82) is 0 Å². The first kappa shape index (κ1) is 19.5. The van der Waals surface area contributed by atoms with Crippen molar-refractivity contribution in [2.75, 3.05) is 44.7 Å². The van der Waals surface area contributed by atoms with Gasteiger partial charge in [-0.1, -0.05) is 17.7 Å². The smallest absolute Gasteiger partial charge is 0.226 e. The van der Waals surface area contributed by atoms with E-state index in [0.717, 1.165) is 56.4 Å². The number of anilines is 1. The van der Waals surface area contributed by atoms with Gasteiger partial charge in [0.2, 0.25) is 5.89 Å². The number of aromatic nitrogens is 1. The molecule has 0 spiro atoms. The Bertz CT molecular complexity index is 925. The minimum atomic E-state index is 0.675. The fourth-order valence-electron chi connectivity index (χ4n) is 3.47. The van der Waals surface area contributed by atoms with Gasteiger partial charge in [-0.25, -0.2) is 4.98 Å². The van der Waals surface area contributed by atoms with Crippen LogP contribution in [0.5, 0.6) is 0 Å². The summed E-state index contributed by atoms with van der Waals surface area (Å²) in [6, 6.07) is 12.5. The van der Waals surface area contributed by atoms with E-state index >= 15 is 0 Å². The SMILES string of the molecule is CN=C(NCCc1coc(-c2ccc(C)cc2)n1)N1CCN(c2cccs2)CC1. The zero-order chi connectivity index (χ0) is 20.1. The summed E-state index contributed by atoms with van der Waals surface area (Å²) in [5.74, 6) is 1.63. The van der Waals surface area contributed by atoms with E-state index in [4.69, 9.17) is 4.42 Å². The van der Waals surface area contributed by atoms with Crippen molar-refractivity contribution in [3.63, 3.8) is 0 Å². The molecule has 1 aliphatic rings. The number of nitrogens with one attached hydrogen (secondary N) is 1. The summed E-state index contributed by atoms with van der Waals surface area (Å²) >= 11 is 1.80. The molecule has 0 unspecified atom stereocenters. The third-order valence-corrected chi connectivity index (χ3v) is 6.05. The van der Waals surface area contributed by atoms with Crippen molar-refractivity contribution >= 4 is 22.3 Å². The lowest BCUT2D eigenvalue weighted by Gasteiger charge is -2.37. The molecule has 152 valence electrons. The van der Waals surface area contributed by atoms with Crippen molar-refractivity contribution in [1.82, 2.24) is 15.2 Å². The van der Waals surface area contributed by atoms with Crippen LogP contribution in [0.15, 0.2) is 57.5 Å². The minimum Gasteiger partial charge on any atom is -0.444 e. The van der Waals surface area contributed by atoms with E-state index in [1.54, 1.807) is 17.6 Å². The number of oxazole rings is 1. The monoisotopic (exact) mass is 409 g/mol. The fraction of sp³-hybridized carbons (Fsp3) is 0.364. The highest BCUT2D eigenvalue weighted by molar-refractivity contribution is 7.14. The van der Waals surface area contributed by atoms with Crippen molar-refractivity contribution in [3.8, 4) is 11.5 Å². The number of aryl methyl sites for hydroxylation is 1. The second-order valence-corrected chi connectivity index (χ2v) is 8.09. The summed E-state index contributed by atoms with van der Waals surface area (Å²) in [5, 5.41) is 6.96. The average molecular weight is 410 g/mol. The maximum atomic E-state index is 5.65. The predicted octanol–water partition coefficient (Wildman–Crippen LogP) is 3.65. The van der Waals surface area contributed by atoms with E-state index in [0.29, 0.717) is 5.89 Å². The molecule has 7 heteroatoms. The number of piperazine rings is 1. The Morgan fingerprint density at radius 3 is 2.66 bits per heavy atom. The zero-order valence-electron chi connectivity index (χ0n) is 17.0. The molecule has 29 heavy (non-hydrogen) atoms. The third kappa shape index (κ3) is 4.79. The van der Waals surface area contributed by atoms with Crippen LogP contribution in [0.2, 0.25) is 0 Å². The third-order valence-electron chi connectivity index (χ3n) is 5.12. The van der Waals surface area contributed by atoms with Crippen LogP contribution in [-0.2, 0) is 6.42 Å². The number of rotatable bonds is 5. The maximum Gasteiger partial charge on any atom is 0.226 e. The van der Waals surface area contributed by atoms with Gasteiger partial charge >= 0.3 is 0 Å². The number of hydrogen-bond acceptors (Lipinski definition) is 5. The Hall–Kier alpha value is -2.80. The first-order valence-electron chi connectivity index (χ1n) is 9.98. The number of hydrogen-bond donors (Lipinski definition) is 1. The van der Waals surface area contributed by atoms with Crippen molar-refractivity contribution in [2.24, 2.45) is 4.99 Å². The Morgan fingerprint density at radius 1 is 1.17 bits per heavy atom. The molecule has 0 radical (unpaired) electrons. The molecule has 0 amide bonds. The van der Waals surface area contributed by atoms with Crippen LogP contribution >= 0.6 is 11.3 Å². The van der Waals surface area contributed by atoms with E-state index in [2.05, 4.69) is 61.7 Å². The summed E-state index contributed by atoms with van der Waals surface area (Å²) in [6.07, 6.45) is 2.54. The van der Waals surface area contributed by atoms with Gasteiger partial charge in [0, 0.05) is 51.8 Å². The molecule has 0 atom stereocenters. The van der Waals surface area contributed by atoms with E-state index < -0.39 is 0 Å². The van der Waals surface area contributed by atoms with Gasteiger partial charge < -0.3 is 19.5 Å². The normalized spacial score (nSPS) is 15.0. The van der Waals surface area contributed by atoms with E-state index in [9.17, 15) is 0 Å². The summed E-state index contributed by atoms with van der Waals surface area (Å²) in [5.41, 5.74) is 3.19. The van der Waals surface area contributed by atoms with Gasteiger partial charge in [-0.15, -0.1) is 11.3 Å². The van der Waals surface area contributed by atoms with E-state index in [1.165, 1.54) is 10.6 Å². The average Bonchev–Trinajstić information content (AvgIpc) is 3.45. The molecule has 0 saturated carbocycles. The van der Waals surface area contributed by atoms with Crippen LogP contribution in [0.25, 0.3) is 11.5 Å². The molecule has 6 nitrogen and oxygen atoms in total. The van der Waals surface area contributed by atoms with E-state index in [1.807, 2.05) is 19.2 Å². The largest absolute Gasteiger partial charge is 0.444 e. The molecule has 1 fully saturated rings. The first-order valence-corrected chi connectivity index (χ1v) is 10.9. The van der Waals surface area contributed by atoms with Crippen LogP contribution in [0.1, 0.15) is 11.3 Å². The Kier molecular flexibility index (Phi) is 6.14. The molecule has 2 aromatic heterocycles. The van der Waals surface area contributed by atoms with Crippen LogP contribution in [0.4, 0.5) is 5.00 Å². The number of benzene rings is 1. The number of guanidine groups is 1. The molecular weight excluding hydrogens is 382 g/mol. The number of thiophene rings is 1. The molecule has 0 aliphatic carbocycles. The highest BCUT2D eigenvalue weighted by Crippen LogP contribution is 2.22. The second kappa shape index (κ2) is 9.13. The van der Waals surface area contributed by atoms with Gasteiger partial charge in [-0.05, 0) is 36.6 Å². The summed E-state index contributed by atoms with van der Waals surface area (Å²) < 4.78 is 5.65. The lowest BCUT2D eigenvalue weighted by molar-refractivity contribution is 0.373. The number of nitrogens with zero attached hydrogens (tertiary/aromatic N) is 4. The van der Waals surface area contributed by atoms with Gasteiger partial charge in [-0.3, -0.25) is 4.99 Å². The summed E-state index contributed by atoms with van der Waals surface area (Å²) in [6.45, 7) is 6.83. The Labute approximate surface area is 175 Å². The highest BCUT2D eigenvalue weighted by Gasteiger charge is 2.20. The van der Waals surface area contributed by atoms with E-state index in [-0.39, 0.29) is 0 Å². The topological polar surface area (TPSA) is 56.9 Å². The molecule has 3 heterocycles. The molecule has 0 bridgehead atoms. The van der Waals surface area contributed by atoms with Crippen LogP contribution < -0.4 is 10.2 Å². The van der Waals surface area contributed by atoms with Gasteiger partial charge in [0.1, 0.15) is 6.26 Å². The Morgan fingerprint density at radius 2 is 1.97 bits per heavy atom. The molecule has 1 N–H and O–H groups in total. The van der Waals surface area contributed by atoms with Crippen molar-refractivity contribution in [3.05, 3.63) is 59.3 Å². The molecule has 1 aromatic carbocycles. The minimum absolute atomic E-state index is 0.675. The fourth-order valence-corrected chi connectivity index (χ4v) is 4.26. The van der Waals surface area contributed by atoms with Gasteiger partial charge in [0.25, 0.3) is 0 Å². The molecule has 3 aromatic rings. The molecule has 1 aliphatic heterocycles. The van der Waals surface area contributed by atoms with Crippen molar-refractivity contribution in [2.45, 2.75) is 13.3 Å². The standard InChI is InChI=1S/C22H27N5OS/c1-17-5-7-18(8-6-17)21-25-19(16-28-21)9-10-24-22(23-2)27-13-11-26(12-14-27)20-4-3-15-29-20/h3-8,15-16H,9-14H2,1-2H3,(H,23,24). The van der Waals surface area contributed by atoms with Crippen LogP contribution in [-0.4, -0.2) is 55.6 Å². The highest BCUT2D eigenvalue weighted by atomic mass is 32.1. The molecule has 1 saturated heterocycles. The number of aliphatic imine (C=N–C) groups is 1. The second-order valence-electron chi connectivity index (χ2n) is 7.16. The quantitative estimate of drug-likeness (QED) is 0.515. The van der Waals surface area contributed by atoms with Crippen LogP contribution in [0.3, 0.4) is 0 Å². The summed E-state index contributed by atoms with van der Waals surface area (Å²) in [4.78, 5) is 13.8. The molecule has 4 rings (SSSR count). The zero-order valence-corrected chi connectivity index (χ0v) is 17.8. The van der Waals surface area contributed by atoms with Gasteiger partial charge in [-0.2, -0.15) is 0 Å². The summed E-state index contributed by atoms with van der Waals surface area (Å²) in [7, 11) is 1.85. The lowest BCUT2D eigenvalue weighted by Crippen LogP contribution is -2.52. The molecular formula is C22H27N5OS. The Balaban J connectivity index is 1.26. The lowest BCUT2D eigenvalue weighted by atomic mass is 10.1. The predicted molar refractivity (Wildman–Crippen MR) is 120 cm³/mol.